The van der Waals surface area contributed by atoms with Crippen molar-refractivity contribution in [1.82, 2.24) is 25.4 Å². The van der Waals surface area contributed by atoms with Crippen molar-refractivity contribution in [3.05, 3.63) is 42.0 Å². The van der Waals surface area contributed by atoms with Crippen LogP contribution in [0, 0.1) is 6.92 Å². The molecule has 0 aliphatic rings. The SMILES string of the molecule is CCN[C@H](C)CNC(=O)c1ccc(-n2cncn2)c(C)c1.Cl. The lowest BCUT2D eigenvalue weighted by atomic mass is 10.1. The van der Waals surface area contributed by atoms with Crippen molar-refractivity contribution in [1.29, 1.82) is 0 Å². The van der Waals surface area contributed by atoms with E-state index in [1.54, 1.807) is 17.1 Å². The minimum Gasteiger partial charge on any atom is -0.350 e. The van der Waals surface area contributed by atoms with Gasteiger partial charge in [0.15, 0.2) is 0 Å². The molecule has 1 heterocycles. The minimum atomic E-state index is -0.0620. The van der Waals surface area contributed by atoms with Crippen molar-refractivity contribution in [2.24, 2.45) is 0 Å². The van der Waals surface area contributed by atoms with E-state index < -0.39 is 0 Å². The van der Waals surface area contributed by atoms with E-state index in [0.29, 0.717) is 12.1 Å². The summed E-state index contributed by atoms with van der Waals surface area (Å²) in [5, 5.41) is 10.3. The van der Waals surface area contributed by atoms with Crippen LogP contribution < -0.4 is 10.6 Å². The van der Waals surface area contributed by atoms with Crippen molar-refractivity contribution in [3.8, 4) is 5.69 Å². The van der Waals surface area contributed by atoms with Gasteiger partial charge >= 0.3 is 0 Å². The van der Waals surface area contributed by atoms with E-state index >= 15 is 0 Å². The molecular formula is C15H22ClN5O. The molecule has 1 atom stereocenters. The fraction of sp³-hybridized carbons (Fsp3) is 0.400. The molecule has 0 saturated heterocycles. The molecule has 0 spiro atoms. The molecule has 2 N–H and O–H groups in total. The Morgan fingerprint density at radius 1 is 1.41 bits per heavy atom. The van der Waals surface area contributed by atoms with E-state index in [9.17, 15) is 4.79 Å². The van der Waals surface area contributed by atoms with Crippen LogP contribution in [0.2, 0.25) is 0 Å². The number of hydrogen-bond donors (Lipinski definition) is 2. The summed E-state index contributed by atoms with van der Waals surface area (Å²) in [5.74, 6) is -0.0620. The highest BCUT2D eigenvalue weighted by atomic mass is 35.5. The van der Waals surface area contributed by atoms with Crippen molar-refractivity contribution in [2.75, 3.05) is 13.1 Å². The smallest absolute Gasteiger partial charge is 0.251 e. The van der Waals surface area contributed by atoms with Crippen molar-refractivity contribution < 1.29 is 4.79 Å². The maximum Gasteiger partial charge on any atom is 0.251 e. The number of carbonyl (C=O) groups is 1. The first kappa shape index (κ1) is 18.1. The number of amides is 1. The average molecular weight is 324 g/mol. The topological polar surface area (TPSA) is 71.8 Å². The molecule has 2 aromatic rings. The van der Waals surface area contributed by atoms with Gasteiger partial charge < -0.3 is 10.6 Å². The van der Waals surface area contributed by atoms with E-state index in [-0.39, 0.29) is 24.4 Å². The van der Waals surface area contributed by atoms with Crippen LogP contribution in [0.1, 0.15) is 29.8 Å². The number of carbonyl (C=O) groups excluding carboxylic acids is 1. The number of aromatic nitrogens is 3. The largest absolute Gasteiger partial charge is 0.350 e. The summed E-state index contributed by atoms with van der Waals surface area (Å²) in [7, 11) is 0. The Balaban J connectivity index is 0.00000242. The van der Waals surface area contributed by atoms with Crippen LogP contribution in [0.3, 0.4) is 0 Å². The highest BCUT2D eigenvalue weighted by molar-refractivity contribution is 5.94. The molecule has 0 fully saturated rings. The molecule has 1 aromatic carbocycles. The second kappa shape index (κ2) is 8.51. The number of benzene rings is 1. The molecule has 120 valence electrons. The van der Waals surface area contributed by atoms with Gasteiger partial charge in [0, 0.05) is 18.2 Å². The van der Waals surface area contributed by atoms with Crippen molar-refractivity contribution in [2.45, 2.75) is 26.8 Å². The Morgan fingerprint density at radius 3 is 2.77 bits per heavy atom. The van der Waals surface area contributed by atoms with Crippen molar-refractivity contribution in [3.63, 3.8) is 0 Å². The highest BCUT2D eigenvalue weighted by Crippen LogP contribution is 2.14. The third kappa shape index (κ3) is 4.54. The van der Waals surface area contributed by atoms with Crippen LogP contribution in [0.25, 0.3) is 5.69 Å². The molecule has 2 rings (SSSR count). The lowest BCUT2D eigenvalue weighted by Gasteiger charge is -2.14. The summed E-state index contributed by atoms with van der Waals surface area (Å²) in [6.45, 7) is 7.54. The normalized spacial score (nSPS) is 11.6. The first-order valence-electron chi connectivity index (χ1n) is 7.09. The Kier molecular flexibility index (Phi) is 7.01. The van der Waals surface area contributed by atoms with Crippen molar-refractivity contribution >= 4 is 18.3 Å². The lowest BCUT2D eigenvalue weighted by Crippen LogP contribution is -2.38. The van der Waals surface area contributed by atoms with Gasteiger partial charge in [-0.05, 0) is 44.2 Å². The quantitative estimate of drug-likeness (QED) is 0.849. The molecule has 1 aromatic heterocycles. The summed E-state index contributed by atoms with van der Waals surface area (Å²) in [4.78, 5) is 16.1. The predicted molar refractivity (Wildman–Crippen MR) is 88.8 cm³/mol. The van der Waals surface area contributed by atoms with E-state index in [0.717, 1.165) is 17.8 Å². The van der Waals surface area contributed by atoms with Crippen LogP contribution >= 0.6 is 12.4 Å². The first-order valence-corrected chi connectivity index (χ1v) is 7.09. The number of hydrogen-bond acceptors (Lipinski definition) is 4. The number of aryl methyl sites for hydroxylation is 1. The maximum atomic E-state index is 12.1. The van der Waals surface area contributed by atoms with Crippen LogP contribution in [0.5, 0.6) is 0 Å². The van der Waals surface area contributed by atoms with Gasteiger partial charge in [0.25, 0.3) is 5.91 Å². The fourth-order valence-electron chi connectivity index (χ4n) is 2.15. The van der Waals surface area contributed by atoms with Gasteiger partial charge in [-0.2, -0.15) is 5.10 Å². The Hall–Kier alpha value is -1.92. The number of nitrogens with one attached hydrogen (secondary N) is 2. The van der Waals surface area contributed by atoms with Crippen LogP contribution in [-0.2, 0) is 0 Å². The molecule has 0 aliphatic carbocycles. The van der Waals surface area contributed by atoms with Gasteiger partial charge in [-0.25, -0.2) is 9.67 Å². The van der Waals surface area contributed by atoms with Crippen LogP contribution in [-0.4, -0.2) is 39.8 Å². The zero-order chi connectivity index (χ0) is 15.2. The summed E-state index contributed by atoms with van der Waals surface area (Å²) in [5.41, 5.74) is 2.55. The first-order chi connectivity index (χ1) is 10.1. The molecule has 0 saturated carbocycles. The summed E-state index contributed by atoms with van der Waals surface area (Å²) < 4.78 is 1.68. The number of likely N-dealkylation sites (N-methyl/N-ethyl adjacent to an activating group) is 1. The maximum absolute atomic E-state index is 12.1. The minimum absolute atomic E-state index is 0. The van der Waals surface area contributed by atoms with Gasteiger partial charge in [-0.15, -0.1) is 12.4 Å². The van der Waals surface area contributed by atoms with E-state index in [4.69, 9.17) is 0 Å². The second-order valence-corrected chi connectivity index (χ2v) is 5.01. The van der Waals surface area contributed by atoms with E-state index in [1.807, 2.05) is 32.9 Å². The third-order valence-electron chi connectivity index (χ3n) is 3.25. The molecule has 7 heteroatoms. The molecule has 0 radical (unpaired) electrons. The predicted octanol–water partition coefficient (Wildman–Crippen LogP) is 1.73. The van der Waals surface area contributed by atoms with Gasteiger partial charge in [-0.1, -0.05) is 6.92 Å². The standard InChI is InChI=1S/C15H21N5O.ClH/c1-4-17-12(3)8-18-15(21)13-5-6-14(11(2)7-13)20-10-16-9-19-20;/h5-7,9-10,12,17H,4,8H2,1-3H3,(H,18,21);1H/t12-;/m1./s1. The monoisotopic (exact) mass is 323 g/mol. The molecule has 0 aliphatic heterocycles. The fourth-order valence-corrected chi connectivity index (χ4v) is 2.15. The van der Waals surface area contributed by atoms with Gasteiger partial charge in [0.05, 0.1) is 5.69 Å². The van der Waals surface area contributed by atoms with Gasteiger partial charge in [0.1, 0.15) is 12.7 Å². The third-order valence-corrected chi connectivity index (χ3v) is 3.25. The second-order valence-electron chi connectivity index (χ2n) is 5.01. The Bertz CT molecular complexity index is 600. The highest BCUT2D eigenvalue weighted by Gasteiger charge is 2.10. The van der Waals surface area contributed by atoms with Gasteiger partial charge in [-0.3, -0.25) is 4.79 Å². The molecule has 0 unspecified atom stereocenters. The Morgan fingerprint density at radius 2 is 2.18 bits per heavy atom. The van der Waals surface area contributed by atoms with Crippen LogP contribution in [0.15, 0.2) is 30.9 Å². The van der Waals surface area contributed by atoms with Gasteiger partial charge in [0.2, 0.25) is 0 Å². The average Bonchev–Trinajstić information content (AvgIpc) is 2.99. The number of halogens is 1. The van der Waals surface area contributed by atoms with Crippen LogP contribution in [0.4, 0.5) is 0 Å². The molecule has 1 amide bonds. The summed E-state index contributed by atoms with van der Waals surface area (Å²) >= 11 is 0. The number of rotatable bonds is 6. The van der Waals surface area contributed by atoms with E-state index in [2.05, 4.69) is 20.7 Å². The summed E-state index contributed by atoms with van der Waals surface area (Å²) in [6, 6.07) is 5.81. The number of nitrogens with zero attached hydrogens (tertiary/aromatic N) is 3. The molecule has 6 nitrogen and oxygen atoms in total. The molecule has 22 heavy (non-hydrogen) atoms. The molecule has 0 bridgehead atoms. The zero-order valence-corrected chi connectivity index (χ0v) is 13.9. The summed E-state index contributed by atoms with van der Waals surface area (Å²) in [6.07, 6.45) is 3.13. The molecular weight excluding hydrogens is 302 g/mol. The zero-order valence-electron chi connectivity index (χ0n) is 13.0. The Labute approximate surface area is 136 Å². The lowest BCUT2D eigenvalue weighted by molar-refractivity contribution is 0.0950. The van der Waals surface area contributed by atoms with E-state index in [1.165, 1.54) is 6.33 Å².